The summed E-state index contributed by atoms with van der Waals surface area (Å²) >= 11 is 1.62. The molecule has 0 atom stereocenters. The normalized spacial score (nSPS) is 10.3. The molecule has 0 saturated carbocycles. The summed E-state index contributed by atoms with van der Waals surface area (Å²) < 4.78 is 5.49. The summed E-state index contributed by atoms with van der Waals surface area (Å²) in [7, 11) is 0. The molecule has 0 unspecified atom stereocenters. The number of ketones is 1. The van der Waals surface area contributed by atoms with E-state index in [9.17, 15) is 4.79 Å². The molecule has 3 heteroatoms. The minimum Gasteiger partial charge on any atom is -0.494 e. The molecule has 94 valence electrons. The Labute approximate surface area is 111 Å². The first-order valence-electron chi connectivity index (χ1n) is 6.06. The Bertz CT molecular complexity index is 486. The van der Waals surface area contributed by atoms with E-state index in [1.807, 2.05) is 41.1 Å². The number of ether oxygens (including phenoxy) is 1. The highest BCUT2D eigenvalue weighted by atomic mass is 32.1. The second-order valence-electron chi connectivity index (χ2n) is 4.10. The maximum absolute atomic E-state index is 12.0. The Morgan fingerprint density at radius 1 is 1.22 bits per heavy atom. The Kier molecular flexibility index (Phi) is 4.53. The van der Waals surface area contributed by atoms with E-state index < -0.39 is 0 Å². The van der Waals surface area contributed by atoms with Crippen LogP contribution in [-0.2, 0) is 6.42 Å². The van der Waals surface area contributed by atoms with Gasteiger partial charge in [-0.3, -0.25) is 4.79 Å². The highest BCUT2D eigenvalue weighted by Gasteiger charge is 2.07. The number of carbonyl (C=O) groups is 1. The highest BCUT2D eigenvalue weighted by Crippen LogP contribution is 2.15. The van der Waals surface area contributed by atoms with Crippen molar-refractivity contribution in [3.05, 3.63) is 52.2 Å². The molecule has 0 saturated heterocycles. The Morgan fingerprint density at radius 3 is 2.61 bits per heavy atom. The van der Waals surface area contributed by atoms with Crippen molar-refractivity contribution in [2.24, 2.45) is 0 Å². The van der Waals surface area contributed by atoms with Gasteiger partial charge in [0.1, 0.15) is 5.75 Å². The zero-order valence-electron chi connectivity index (χ0n) is 10.4. The molecule has 2 aromatic rings. The molecule has 0 fully saturated rings. The fraction of sp³-hybridized carbons (Fsp3) is 0.267. The lowest BCUT2D eigenvalue weighted by atomic mass is 10.1. The minimum atomic E-state index is 0.149. The third-order valence-corrected chi connectivity index (χ3v) is 3.33. The van der Waals surface area contributed by atoms with Crippen molar-refractivity contribution in [1.29, 1.82) is 0 Å². The van der Waals surface area contributed by atoms with E-state index in [4.69, 9.17) is 4.74 Å². The number of thiophene rings is 1. The fourth-order valence-electron chi connectivity index (χ4n) is 1.64. The van der Waals surface area contributed by atoms with Gasteiger partial charge in [0, 0.05) is 12.0 Å². The van der Waals surface area contributed by atoms with Crippen LogP contribution >= 0.6 is 11.3 Å². The molecular formula is C15H16O2S. The summed E-state index contributed by atoms with van der Waals surface area (Å²) in [6.45, 7) is 2.78. The number of carbonyl (C=O) groups excluding carboxylic acids is 1. The van der Waals surface area contributed by atoms with Gasteiger partial charge in [0.25, 0.3) is 0 Å². The zero-order chi connectivity index (χ0) is 12.8. The number of Topliss-reactive ketones (excluding diaryl/α,β-unsaturated/α-hetero) is 1. The molecule has 1 aromatic heterocycles. The minimum absolute atomic E-state index is 0.149. The van der Waals surface area contributed by atoms with Gasteiger partial charge in [0.05, 0.1) is 6.61 Å². The van der Waals surface area contributed by atoms with Crippen molar-refractivity contribution in [3.8, 4) is 5.75 Å². The van der Waals surface area contributed by atoms with Crippen LogP contribution in [0.25, 0.3) is 0 Å². The van der Waals surface area contributed by atoms with Gasteiger partial charge in [-0.2, -0.15) is 11.3 Å². The molecule has 0 radical (unpaired) electrons. The first kappa shape index (κ1) is 12.8. The third-order valence-electron chi connectivity index (χ3n) is 2.59. The van der Waals surface area contributed by atoms with Gasteiger partial charge in [0.2, 0.25) is 0 Å². The third kappa shape index (κ3) is 3.44. The second kappa shape index (κ2) is 6.36. The van der Waals surface area contributed by atoms with E-state index >= 15 is 0 Å². The van der Waals surface area contributed by atoms with Gasteiger partial charge in [-0.05, 0) is 53.1 Å². The molecular weight excluding hydrogens is 244 g/mol. The predicted molar refractivity (Wildman–Crippen MR) is 74.6 cm³/mol. The lowest BCUT2D eigenvalue weighted by molar-refractivity contribution is 0.0993. The summed E-state index contributed by atoms with van der Waals surface area (Å²) in [6.07, 6.45) is 1.46. The molecule has 0 aliphatic heterocycles. The second-order valence-corrected chi connectivity index (χ2v) is 4.88. The van der Waals surface area contributed by atoms with Crippen LogP contribution in [0.2, 0.25) is 0 Å². The maximum atomic E-state index is 12.0. The van der Waals surface area contributed by atoms with Gasteiger partial charge < -0.3 is 4.74 Å². The van der Waals surface area contributed by atoms with E-state index in [-0.39, 0.29) is 5.78 Å². The van der Waals surface area contributed by atoms with Crippen LogP contribution in [0.5, 0.6) is 5.75 Å². The van der Waals surface area contributed by atoms with Crippen molar-refractivity contribution in [1.82, 2.24) is 0 Å². The SMILES string of the molecule is CCCOc1ccc(C(=O)Cc2ccsc2)cc1. The average molecular weight is 260 g/mol. The number of hydrogen-bond acceptors (Lipinski definition) is 3. The zero-order valence-corrected chi connectivity index (χ0v) is 11.2. The summed E-state index contributed by atoms with van der Waals surface area (Å²) in [4.78, 5) is 12.0. The molecule has 2 rings (SSSR count). The standard InChI is InChI=1S/C15H16O2S/c1-2-8-17-14-5-3-13(4-6-14)15(16)10-12-7-9-18-11-12/h3-7,9,11H,2,8,10H2,1H3. The Hall–Kier alpha value is -1.61. The van der Waals surface area contributed by atoms with Crippen LogP contribution < -0.4 is 4.74 Å². The van der Waals surface area contributed by atoms with Gasteiger partial charge in [-0.1, -0.05) is 6.92 Å². The highest BCUT2D eigenvalue weighted by molar-refractivity contribution is 7.08. The fourth-order valence-corrected chi connectivity index (χ4v) is 2.31. The van der Waals surface area contributed by atoms with Gasteiger partial charge >= 0.3 is 0 Å². The van der Waals surface area contributed by atoms with Crippen molar-refractivity contribution in [2.45, 2.75) is 19.8 Å². The first-order valence-corrected chi connectivity index (χ1v) is 7.01. The van der Waals surface area contributed by atoms with Crippen LogP contribution in [0, 0.1) is 0 Å². The van der Waals surface area contributed by atoms with Crippen LogP contribution in [0.15, 0.2) is 41.1 Å². The van der Waals surface area contributed by atoms with E-state index in [2.05, 4.69) is 6.92 Å². The number of benzene rings is 1. The summed E-state index contributed by atoms with van der Waals surface area (Å²) in [6, 6.07) is 9.37. The molecule has 0 bridgehead atoms. The average Bonchev–Trinajstić information content (AvgIpc) is 2.89. The number of hydrogen-bond donors (Lipinski definition) is 0. The molecule has 0 aliphatic carbocycles. The summed E-state index contributed by atoms with van der Waals surface area (Å²) in [5.41, 5.74) is 1.82. The number of rotatable bonds is 6. The largest absolute Gasteiger partial charge is 0.494 e. The molecule has 1 heterocycles. The Morgan fingerprint density at radius 2 is 2.00 bits per heavy atom. The van der Waals surface area contributed by atoms with Crippen LogP contribution in [0.1, 0.15) is 29.3 Å². The molecule has 0 aliphatic rings. The van der Waals surface area contributed by atoms with E-state index in [1.54, 1.807) is 11.3 Å². The van der Waals surface area contributed by atoms with Crippen molar-refractivity contribution in [2.75, 3.05) is 6.61 Å². The van der Waals surface area contributed by atoms with Crippen molar-refractivity contribution < 1.29 is 9.53 Å². The molecule has 0 N–H and O–H groups in total. The van der Waals surface area contributed by atoms with Crippen LogP contribution in [-0.4, -0.2) is 12.4 Å². The van der Waals surface area contributed by atoms with Gasteiger partial charge in [-0.15, -0.1) is 0 Å². The predicted octanol–water partition coefficient (Wildman–Crippen LogP) is 3.96. The topological polar surface area (TPSA) is 26.3 Å². The lowest BCUT2D eigenvalue weighted by Gasteiger charge is -2.05. The molecule has 2 nitrogen and oxygen atoms in total. The van der Waals surface area contributed by atoms with Crippen LogP contribution in [0.4, 0.5) is 0 Å². The van der Waals surface area contributed by atoms with E-state index in [1.165, 1.54) is 0 Å². The van der Waals surface area contributed by atoms with Gasteiger partial charge in [-0.25, -0.2) is 0 Å². The molecule has 1 aromatic carbocycles. The lowest BCUT2D eigenvalue weighted by Crippen LogP contribution is -2.03. The molecule has 0 spiro atoms. The monoisotopic (exact) mass is 260 g/mol. The van der Waals surface area contributed by atoms with Crippen molar-refractivity contribution in [3.63, 3.8) is 0 Å². The maximum Gasteiger partial charge on any atom is 0.167 e. The Balaban J connectivity index is 1.98. The smallest absolute Gasteiger partial charge is 0.167 e. The van der Waals surface area contributed by atoms with E-state index in [0.717, 1.165) is 23.3 Å². The quantitative estimate of drug-likeness (QED) is 0.735. The van der Waals surface area contributed by atoms with E-state index in [0.29, 0.717) is 13.0 Å². The van der Waals surface area contributed by atoms with Crippen molar-refractivity contribution >= 4 is 17.1 Å². The summed E-state index contributed by atoms with van der Waals surface area (Å²) in [5, 5.41) is 4.00. The van der Waals surface area contributed by atoms with Gasteiger partial charge in [0.15, 0.2) is 5.78 Å². The summed E-state index contributed by atoms with van der Waals surface area (Å²) in [5.74, 6) is 0.972. The first-order chi connectivity index (χ1) is 8.79. The molecule has 0 amide bonds. The molecule has 18 heavy (non-hydrogen) atoms. The van der Waals surface area contributed by atoms with Crippen LogP contribution in [0.3, 0.4) is 0 Å².